The number of hydrogen-bond acceptors (Lipinski definition) is 7. The third kappa shape index (κ3) is 4.31. The van der Waals surface area contributed by atoms with Crippen LogP contribution in [-0.2, 0) is 14.6 Å². The van der Waals surface area contributed by atoms with Gasteiger partial charge in [-0.05, 0) is 29.0 Å². The quantitative estimate of drug-likeness (QED) is 0.576. The lowest BCUT2D eigenvalue weighted by molar-refractivity contribution is -0.119. The summed E-state index contributed by atoms with van der Waals surface area (Å²) in [5, 5.41) is 14.1. The largest absolute Gasteiger partial charge is 0.350 e. The van der Waals surface area contributed by atoms with Crippen molar-refractivity contribution in [2.45, 2.75) is 23.5 Å². The van der Waals surface area contributed by atoms with Crippen LogP contribution in [0.1, 0.15) is 5.56 Å². The number of hydrogen-bond donors (Lipinski definition) is 1. The number of carbonyl (C=O) groups excluding carboxylic acids is 1. The van der Waals surface area contributed by atoms with Gasteiger partial charge in [0.1, 0.15) is 0 Å². The number of halogens is 1. The number of nitrogens with one attached hydrogen (secondary N) is 1. The van der Waals surface area contributed by atoms with Crippen molar-refractivity contribution < 1.29 is 13.2 Å². The third-order valence-electron chi connectivity index (χ3n) is 3.75. The molecule has 0 aliphatic carbocycles. The predicted octanol–water partition coefficient (Wildman–Crippen LogP) is 0.583. The second-order valence-corrected chi connectivity index (χ2v) is 9.37. The van der Waals surface area contributed by atoms with Crippen LogP contribution in [0.2, 0.25) is 0 Å². The molecule has 0 saturated carbocycles. The van der Waals surface area contributed by atoms with Crippen LogP contribution in [0.15, 0.2) is 29.4 Å². The fraction of sp³-hybridized carbons (Fsp3) is 0.429. The molecule has 1 fully saturated rings. The number of sulfone groups is 1. The van der Waals surface area contributed by atoms with Crippen molar-refractivity contribution in [1.29, 1.82) is 0 Å². The minimum atomic E-state index is -3.19. The summed E-state index contributed by atoms with van der Waals surface area (Å²) in [6.45, 7) is 1.94. The van der Waals surface area contributed by atoms with E-state index in [9.17, 15) is 13.2 Å². The maximum absolute atomic E-state index is 12.1. The number of aryl methyl sites for hydroxylation is 1. The summed E-state index contributed by atoms with van der Waals surface area (Å²) in [6, 6.07) is 7.07. The van der Waals surface area contributed by atoms with Gasteiger partial charge in [-0.15, -0.1) is 16.7 Å². The average Bonchev–Trinajstić information content (AvgIpc) is 3.09. The van der Waals surface area contributed by atoms with Gasteiger partial charge in [0, 0.05) is 0 Å². The second-order valence-electron chi connectivity index (χ2n) is 5.72. The van der Waals surface area contributed by atoms with Crippen LogP contribution in [-0.4, -0.2) is 63.2 Å². The van der Waals surface area contributed by atoms with Crippen molar-refractivity contribution in [3.63, 3.8) is 0 Å². The number of alkyl halides is 1. The number of aromatic nitrogens is 4. The van der Waals surface area contributed by atoms with E-state index in [0.717, 1.165) is 11.3 Å². The molecule has 2 heterocycles. The molecule has 1 aliphatic heterocycles. The van der Waals surface area contributed by atoms with Crippen molar-refractivity contribution in [1.82, 2.24) is 25.5 Å². The predicted molar refractivity (Wildman–Crippen MR) is 94.8 cm³/mol. The van der Waals surface area contributed by atoms with Gasteiger partial charge in [-0.1, -0.05) is 30.0 Å². The van der Waals surface area contributed by atoms with E-state index in [1.807, 2.05) is 31.2 Å². The van der Waals surface area contributed by atoms with Crippen LogP contribution in [0.25, 0.3) is 5.69 Å². The summed E-state index contributed by atoms with van der Waals surface area (Å²) in [7, 11) is -3.19. The normalized spacial score (nSPS) is 22.0. The van der Waals surface area contributed by atoms with E-state index in [2.05, 4.69) is 20.8 Å². The summed E-state index contributed by atoms with van der Waals surface area (Å²) < 4.78 is 24.6. The Labute approximate surface area is 154 Å². The van der Waals surface area contributed by atoms with E-state index in [1.165, 1.54) is 11.8 Å². The van der Waals surface area contributed by atoms with Crippen molar-refractivity contribution in [2.75, 3.05) is 17.3 Å². The van der Waals surface area contributed by atoms with E-state index < -0.39 is 21.3 Å². The lowest BCUT2D eigenvalue weighted by Gasteiger charge is -2.14. The first-order chi connectivity index (χ1) is 11.9. The molecule has 0 bridgehead atoms. The Morgan fingerprint density at radius 1 is 1.40 bits per heavy atom. The van der Waals surface area contributed by atoms with Crippen LogP contribution >= 0.6 is 23.4 Å². The second kappa shape index (κ2) is 7.30. The van der Waals surface area contributed by atoms with Gasteiger partial charge >= 0.3 is 0 Å². The summed E-state index contributed by atoms with van der Waals surface area (Å²) in [6.07, 6.45) is 0. The Balaban J connectivity index is 1.62. The van der Waals surface area contributed by atoms with E-state index in [1.54, 1.807) is 4.68 Å². The third-order valence-corrected chi connectivity index (χ3v) is 7.04. The lowest BCUT2D eigenvalue weighted by Crippen LogP contribution is -2.41. The number of amides is 1. The Morgan fingerprint density at radius 3 is 2.84 bits per heavy atom. The molecule has 134 valence electrons. The van der Waals surface area contributed by atoms with Gasteiger partial charge < -0.3 is 5.32 Å². The SMILES string of the molecule is Cc1ccccc1-n1nnnc1SCC(=O)N[C@@H]1CS(=O)(=O)C[C@H]1Cl. The molecular formula is C14H16ClN5O3S2. The van der Waals surface area contributed by atoms with E-state index in [-0.39, 0.29) is 23.2 Å². The van der Waals surface area contributed by atoms with Gasteiger partial charge in [0.2, 0.25) is 11.1 Å². The van der Waals surface area contributed by atoms with Gasteiger partial charge in [-0.2, -0.15) is 4.68 Å². The zero-order chi connectivity index (χ0) is 18.0. The number of tetrazole rings is 1. The highest BCUT2D eigenvalue weighted by molar-refractivity contribution is 7.99. The maximum atomic E-state index is 12.1. The van der Waals surface area contributed by atoms with E-state index in [0.29, 0.717) is 5.16 Å². The molecule has 2 atom stereocenters. The fourth-order valence-corrected chi connectivity index (χ4v) is 5.78. The standard InChI is InChI=1S/C14H16ClN5O3S2/c1-9-4-2-3-5-12(9)20-14(17-18-19-20)24-6-13(21)16-11-8-25(22,23)7-10(11)15/h2-5,10-11H,6-8H2,1H3,(H,16,21)/t10-,11-/m1/s1. The number of para-hydroxylation sites is 1. The maximum Gasteiger partial charge on any atom is 0.230 e. The monoisotopic (exact) mass is 401 g/mol. The molecule has 25 heavy (non-hydrogen) atoms. The molecule has 1 amide bonds. The number of nitrogens with zero attached hydrogens (tertiary/aromatic N) is 4. The van der Waals surface area contributed by atoms with Crippen LogP contribution in [0.5, 0.6) is 0 Å². The minimum Gasteiger partial charge on any atom is -0.350 e. The fourth-order valence-electron chi connectivity index (χ4n) is 2.54. The summed E-state index contributed by atoms with van der Waals surface area (Å²) in [5.41, 5.74) is 1.83. The molecule has 3 rings (SSSR count). The summed E-state index contributed by atoms with van der Waals surface area (Å²) >= 11 is 7.16. The van der Waals surface area contributed by atoms with Crippen molar-refractivity contribution in [2.24, 2.45) is 0 Å². The molecule has 0 spiro atoms. The van der Waals surface area contributed by atoms with Crippen molar-refractivity contribution >= 4 is 39.1 Å². The van der Waals surface area contributed by atoms with Gasteiger partial charge in [0.15, 0.2) is 9.84 Å². The topological polar surface area (TPSA) is 107 Å². The lowest BCUT2D eigenvalue weighted by atomic mass is 10.2. The molecule has 1 aromatic heterocycles. The number of rotatable bonds is 5. The van der Waals surface area contributed by atoms with Gasteiger partial charge in [0.25, 0.3) is 0 Å². The van der Waals surface area contributed by atoms with Crippen LogP contribution in [0, 0.1) is 6.92 Å². The van der Waals surface area contributed by atoms with Crippen LogP contribution in [0.3, 0.4) is 0 Å². The molecule has 1 aromatic carbocycles. The van der Waals surface area contributed by atoms with Crippen molar-refractivity contribution in [3.05, 3.63) is 29.8 Å². The molecule has 1 saturated heterocycles. The molecular weight excluding hydrogens is 386 g/mol. The Kier molecular flexibility index (Phi) is 5.30. The minimum absolute atomic E-state index is 0.0619. The van der Waals surface area contributed by atoms with Crippen LogP contribution < -0.4 is 5.32 Å². The molecule has 11 heteroatoms. The Hall–Kier alpha value is -1.65. The van der Waals surface area contributed by atoms with E-state index in [4.69, 9.17) is 11.6 Å². The molecule has 1 aliphatic rings. The zero-order valence-corrected chi connectivity index (χ0v) is 15.7. The Morgan fingerprint density at radius 2 is 2.16 bits per heavy atom. The molecule has 2 aromatic rings. The Bertz CT molecular complexity index is 886. The number of benzene rings is 1. The molecule has 0 unspecified atom stereocenters. The summed E-state index contributed by atoms with van der Waals surface area (Å²) in [5.74, 6) is -0.486. The summed E-state index contributed by atoms with van der Waals surface area (Å²) in [4.78, 5) is 12.1. The first-order valence-corrected chi connectivity index (χ1v) is 10.7. The van der Waals surface area contributed by atoms with Gasteiger partial charge in [0.05, 0.1) is 34.4 Å². The molecule has 8 nitrogen and oxygen atoms in total. The smallest absolute Gasteiger partial charge is 0.230 e. The number of carbonyl (C=O) groups is 1. The van der Waals surface area contributed by atoms with Gasteiger partial charge in [-0.3, -0.25) is 4.79 Å². The highest BCUT2D eigenvalue weighted by Gasteiger charge is 2.37. The first-order valence-electron chi connectivity index (χ1n) is 7.47. The van der Waals surface area contributed by atoms with E-state index >= 15 is 0 Å². The number of thioether (sulfide) groups is 1. The zero-order valence-electron chi connectivity index (χ0n) is 13.3. The molecule has 0 radical (unpaired) electrons. The highest BCUT2D eigenvalue weighted by Crippen LogP contribution is 2.21. The van der Waals surface area contributed by atoms with Gasteiger partial charge in [-0.25, -0.2) is 8.42 Å². The van der Waals surface area contributed by atoms with Crippen LogP contribution in [0.4, 0.5) is 0 Å². The average molecular weight is 402 g/mol. The van der Waals surface area contributed by atoms with Crippen molar-refractivity contribution in [3.8, 4) is 5.69 Å². The highest BCUT2D eigenvalue weighted by atomic mass is 35.5. The molecule has 1 N–H and O–H groups in total. The first kappa shape index (κ1) is 18.2.